The lowest BCUT2D eigenvalue weighted by Gasteiger charge is -2.10. The van der Waals surface area contributed by atoms with E-state index in [4.69, 9.17) is 28.9 Å². The lowest BCUT2D eigenvalue weighted by molar-refractivity contribution is 0.601. The van der Waals surface area contributed by atoms with E-state index in [0.29, 0.717) is 5.02 Å². The largest absolute Gasteiger partial charge is 0.381 e. The Morgan fingerprint density at radius 3 is 2.50 bits per heavy atom. The number of anilines is 2. The number of nitrogen functional groups attached to an aromatic ring is 1. The van der Waals surface area contributed by atoms with Crippen molar-refractivity contribution in [1.82, 2.24) is 9.78 Å². The van der Waals surface area contributed by atoms with Gasteiger partial charge >= 0.3 is 0 Å². The molecule has 0 aliphatic rings. The number of hydrogen-bond acceptors (Lipinski definition) is 4. The maximum atomic E-state index is 12.2. The smallest absolute Gasteiger partial charge is 0.267 e. The fraction of sp³-hybridized carbons (Fsp3) is 0.182. The second-order valence-electron chi connectivity index (χ2n) is 4.24. The van der Waals surface area contributed by atoms with Gasteiger partial charge in [0.05, 0.1) is 10.7 Å². The van der Waals surface area contributed by atoms with E-state index in [2.05, 4.69) is 9.82 Å². The summed E-state index contributed by atoms with van der Waals surface area (Å²) >= 11 is 12.0. The van der Waals surface area contributed by atoms with Gasteiger partial charge in [0.1, 0.15) is 4.90 Å². The molecular weight excluding hydrogens is 323 g/mol. The first-order chi connectivity index (χ1) is 9.20. The van der Waals surface area contributed by atoms with Gasteiger partial charge in [-0.15, -0.1) is 0 Å². The van der Waals surface area contributed by atoms with Crippen LogP contribution in [0.3, 0.4) is 0 Å². The average molecular weight is 335 g/mol. The van der Waals surface area contributed by atoms with E-state index in [0.717, 1.165) is 5.56 Å². The molecule has 0 aliphatic heterocycles. The van der Waals surface area contributed by atoms with Crippen LogP contribution in [-0.4, -0.2) is 18.2 Å². The maximum Gasteiger partial charge on any atom is 0.267 e. The Kier molecular flexibility index (Phi) is 3.86. The number of nitrogens with zero attached hydrogens (tertiary/aromatic N) is 2. The van der Waals surface area contributed by atoms with Crippen molar-refractivity contribution in [2.45, 2.75) is 11.8 Å². The van der Waals surface area contributed by atoms with Crippen molar-refractivity contribution in [3.63, 3.8) is 0 Å². The van der Waals surface area contributed by atoms with Crippen molar-refractivity contribution in [3.8, 4) is 0 Å². The zero-order valence-electron chi connectivity index (χ0n) is 10.7. The van der Waals surface area contributed by atoms with Gasteiger partial charge in [0, 0.05) is 18.3 Å². The molecule has 0 bridgehead atoms. The molecule has 0 unspecified atom stereocenters. The predicted molar refractivity (Wildman–Crippen MR) is 79.6 cm³/mol. The molecule has 0 spiro atoms. The summed E-state index contributed by atoms with van der Waals surface area (Å²) in [4.78, 5) is -0.118. The van der Waals surface area contributed by atoms with Crippen molar-refractivity contribution < 1.29 is 8.42 Å². The number of benzene rings is 1. The third-order valence-corrected chi connectivity index (χ3v) is 4.71. The SMILES string of the molecule is Cc1cc(Cl)c(NS(=O)(=O)c2cn(C)nc2N)cc1Cl. The molecule has 0 aliphatic carbocycles. The average Bonchev–Trinajstić information content (AvgIpc) is 2.66. The number of aryl methyl sites for hydroxylation is 2. The van der Waals surface area contributed by atoms with Crippen molar-refractivity contribution in [2.75, 3.05) is 10.5 Å². The Morgan fingerprint density at radius 2 is 1.95 bits per heavy atom. The molecule has 1 heterocycles. The van der Waals surface area contributed by atoms with Gasteiger partial charge in [0.25, 0.3) is 10.0 Å². The second-order valence-corrected chi connectivity index (χ2v) is 6.70. The Morgan fingerprint density at radius 1 is 1.30 bits per heavy atom. The van der Waals surface area contributed by atoms with E-state index in [-0.39, 0.29) is 21.4 Å². The molecule has 2 aromatic rings. The molecule has 2 rings (SSSR count). The molecule has 0 saturated carbocycles. The van der Waals surface area contributed by atoms with Crippen LogP contribution >= 0.6 is 23.2 Å². The van der Waals surface area contributed by atoms with E-state index in [1.807, 2.05) is 0 Å². The summed E-state index contributed by atoms with van der Waals surface area (Å²) in [6.07, 6.45) is 1.31. The normalized spacial score (nSPS) is 11.6. The summed E-state index contributed by atoms with van der Waals surface area (Å²) in [6, 6.07) is 3.03. The van der Waals surface area contributed by atoms with Gasteiger partial charge in [0.2, 0.25) is 0 Å². The second kappa shape index (κ2) is 5.16. The first-order valence-corrected chi connectivity index (χ1v) is 7.72. The lowest BCUT2D eigenvalue weighted by Crippen LogP contribution is -2.14. The molecule has 0 fully saturated rings. The van der Waals surface area contributed by atoms with Crippen molar-refractivity contribution >= 4 is 44.7 Å². The van der Waals surface area contributed by atoms with Gasteiger partial charge < -0.3 is 5.73 Å². The van der Waals surface area contributed by atoms with Gasteiger partial charge in [-0.25, -0.2) is 8.42 Å². The third-order valence-electron chi connectivity index (χ3n) is 2.60. The van der Waals surface area contributed by atoms with Crippen molar-refractivity contribution in [2.24, 2.45) is 7.05 Å². The minimum Gasteiger partial charge on any atom is -0.381 e. The number of aromatic nitrogens is 2. The third kappa shape index (κ3) is 2.84. The van der Waals surface area contributed by atoms with Crippen LogP contribution in [0.15, 0.2) is 23.2 Å². The molecule has 3 N–H and O–H groups in total. The Bertz CT molecular complexity index is 771. The Balaban J connectivity index is 2.43. The number of nitrogens with two attached hydrogens (primary N) is 1. The molecule has 108 valence electrons. The molecule has 0 amide bonds. The fourth-order valence-electron chi connectivity index (χ4n) is 1.62. The van der Waals surface area contributed by atoms with E-state index in [1.54, 1.807) is 20.0 Å². The van der Waals surface area contributed by atoms with Crippen LogP contribution in [-0.2, 0) is 17.1 Å². The summed E-state index contributed by atoms with van der Waals surface area (Å²) in [6.45, 7) is 1.77. The summed E-state index contributed by atoms with van der Waals surface area (Å²) in [5, 5.41) is 4.45. The van der Waals surface area contributed by atoms with Gasteiger partial charge in [0.15, 0.2) is 5.82 Å². The summed E-state index contributed by atoms with van der Waals surface area (Å²) in [5.41, 5.74) is 6.50. The first-order valence-electron chi connectivity index (χ1n) is 5.48. The van der Waals surface area contributed by atoms with Crippen LogP contribution in [0.4, 0.5) is 11.5 Å². The predicted octanol–water partition coefficient (Wildman–Crippen LogP) is 2.42. The zero-order chi connectivity index (χ0) is 15.1. The summed E-state index contributed by atoms with van der Waals surface area (Å²) in [7, 11) is -2.30. The molecule has 9 heteroatoms. The molecule has 20 heavy (non-hydrogen) atoms. The number of hydrogen-bond donors (Lipinski definition) is 2. The van der Waals surface area contributed by atoms with Crippen LogP contribution in [0, 0.1) is 6.92 Å². The number of halogens is 2. The highest BCUT2D eigenvalue weighted by molar-refractivity contribution is 7.92. The van der Waals surface area contributed by atoms with Crippen LogP contribution < -0.4 is 10.5 Å². The molecule has 1 aromatic heterocycles. The van der Waals surface area contributed by atoms with Crippen LogP contribution in [0.25, 0.3) is 0 Å². The molecule has 1 aromatic carbocycles. The van der Waals surface area contributed by atoms with Gasteiger partial charge in [-0.1, -0.05) is 23.2 Å². The summed E-state index contributed by atoms with van der Waals surface area (Å²) < 4.78 is 28.1. The first kappa shape index (κ1) is 15.0. The monoisotopic (exact) mass is 334 g/mol. The van der Waals surface area contributed by atoms with Gasteiger partial charge in [-0.05, 0) is 24.6 Å². The van der Waals surface area contributed by atoms with Crippen LogP contribution in [0.5, 0.6) is 0 Å². The molecule has 0 radical (unpaired) electrons. The van der Waals surface area contributed by atoms with E-state index in [9.17, 15) is 8.42 Å². The molecule has 0 atom stereocenters. The maximum absolute atomic E-state index is 12.2. The van der Waals surface area contributed by atoms with E-state index in [1.165, 1.54) is 16.9 Å². The van der Waals surface area contributed by atoms with Gasteiger partial charge in [-0.3, -0.25) is 9.40 Å². The van der Waals surface area contributed by atoms with E-state index >= 15 is 0 Å². The van der Waals surface area contributed by atoms with Gasteiger partial charge in [-0.2, -0.15) is 5.10 Å². The fourth-order valence-corrected chi connectivity index (χ4v) is 3.28. The highest BCUT2D eigenvalue weighted by Gasteiger charge is 2.22. The topological polar surface area (TPSA) is 90.0 Å². The lowest BCUT2D eigenvalue weighted by atomic mass is 10.2. The molecule has 6 nitrogen and oxygen atoms in total. The van der Waals surface area contributed by atoms with E-state index < -0.39 is 10.0 Å². The number of sulfonamides is 1. The minimum absolute atomic E-state index is 0.0886. The number of rotatable bonds is 3. The van der Waals surface area contributed by atoms with Crippen LogP contribution in [0.1, 0.15) is 5.56 Å². The van der Waals surface area contributed by atoms with Crippen molar-refractivity contribution in [1.29, 1.82) is 0 Å². The molecule has 0 saturated heterocycles. The molecular formula is C11H12Cl2N4O2S. The minimum atomic E-state index is -3.88. The highest BCUT2D eigenvalue weighted by Crippen LogP contribution is 2.31. The van der Waals surface area contributed by atoms with Crippen LogP contribution in [0.2, 0.25) is 10.0 Å². The number of nitrogens with one attached hydrogen (secondary N) is 1. The standard InChI is InChI=1S/C11H12Cl2N4O2S/c1-6-3-8(13)9(4-7(6)12)16-20(18,19)10-5-17(2)15-11(10)14/h3-5,16H,1-2H3,(H2,14,15). The summed E-state index contributed by atoms with van der Waals surface area (Å²) in [5.74, 6) is -0.0886. The van der Waals surface area contributed by atoms with Crippen molar-refractivity contribution in [3.05, 3.63) is 33.9 Å². The highest BCUT2D eigenvalue weighted by atomic mass is 35.5. The Hall–Kier alpha value is -1.44. The zero-order valence-corrected chi connectivity index (χ0v) is 13.0. The Labute approximate surface area is 126 Å². The quantitative estimate of drug-likeness (QED) is 0.901.